The number of sulfonamides is 1. The Morgan fingerprint density at radius 2 is 1.60 bits per heavy atom. The summed E-state index contributed by atoms with van der Waals surface area (Å²) in [7, 11) is -4.25. The minimum absolute atomic E-state index is 0.181. The first-order chi connectivity index (χ1) is 11.8. The highest BCUT2D eigenvalue weighted by Crippen LogP contribution is 2.23. The van der Waals surface area contributed by atoms with E-state index in [2.05, 4.69) is 0 Å². The number of halogens is 2. The molecule has 0 saturated carbocycles. The van der Waals surface area contributed by atoms with E-state index in [4.69, 9.17) is 0 Å². The first-order valence-electron chi connectivity index (χ1n) is 7.66. The highest BCUT2D eigenvalue weighted by atomic mass is 32.2. The molecule has 5 nitrogen and oxygen atoms in total. The van der Waals surface area contributed by atoms with Crippen LogP contribution in [0.15, 0.2) is 47.4 Å². The van der Waals surface area contributed by atoms with Crippen molar-refractivity contribution in [2.75, 3.05) is 17.8 Å². The summed E-state index contributed by atoms with van der Waals surface area (Å²) in [5.74, 6) is -2.38. The molecule has 0 atom stereocenters. The highest BCUT2D eigenvalue weighted by Gasteiger charge is 2.21. The van der Waals surface area contributed by atoms with E-state index in [1.54, 1.807) is 0 Å². The maximum atomic E-state index is 13.7. The predicted octanol–water partition coefficient (Wildman–Crippen LogP) is 3.25. The van der Waals surface area contributed by atoms with Gasteiger partial charge in [-0.15, -0.1) is 0 Å². The minimum Gasteiger partial charge on any atom is -0.339 e. The third-order valence-corrected chi connectivity index (χ3v) is 4.99. The van der Waals surface area contributed by atoms with Crippen molar-refractivity contribution in [3.8, 4) is 0 Å². The molecule has 0 unspecified atom stereocenters. The maximum absolute atomic E-state index is 13.7. The Morgan fingerprint density at radius 3 is 2.16 bits per heavy atom. The number of anilines is 1. The van der Waals surface area contributed by atoms with Gasteiger partial charge < -0.3 is 4.90 Å². The lowest BCUT2D eigenvalue weighted by Crippen LogP contribution is -2.30. The molecule has 2 aromatic rings. The van der Waals surface area contributed by atoms with Gasteiger partial charge in [0.15, 0.2) is 0 Å². The topological polar surface area (TPSA) is 66.5 Å². The number of benzene rings is 2. The molecule has 0 aliphatic rings. The Kier molecular flexibility index (Phi) is 5.73. The summed E-state index contributed by atoms with van der Waals surface area (Å²) in [4.78, 5) is 13.6. The molecule has 0 fully saturated rings. The van der Waals surface area contributed by atoms with Crippen molar-refractivity contribution in [3.63, 3.8) is 0 Å². The molecule has 25 heavy (non-hydrogen) atoms. The molecule has 0 aliphatic carbocycles. The van der Waals surface area contributed by atoms with Gasteiger partial charge in [0.05, 0.1) is 4.90 Å². The number of hydrogen-bond donors (Lipinski definition) is 1. The van der Waals surface area contributed by atoms with Crippen LogP contribution < -0.4 is 4.72 Å². The second-order valence-corrected chi connectivity index (χ2v) is 6.89. The average molecular weight is 368 g/mol. The van der Waals surface area contributed by atoms with Crippen LogP contribution >= 0.6 is 0 Å². The maximum Gasteiger partial charge on any atom is 0.262 e. The van der Waals surface area contributed by atoms with Gasteiger partial charge in [0.1, 0.15) is 17.3 Å². The van der Waals surface area contributed by atoms with Crippen molar-refractivity contribution in [1.82, 2.24) is 4.90 Å². The van der Waals surface area contributed by atoms with Gasteiger partial charge in [-0.25, -0.2) is 17.2 Å². The van der Waals surface area contributed by atoms with Gasteiger partial charge in [-0.2, -0.15) is 0 Å². The largest absolute Gasteiger partial charge is 0.339 e. The summed E-state index contributed by atoms with van der Waals surface area (Å²) in [6, 6.07) is 8.35. The third-order valence-electron chi connectivity index (χ3n) is 3.64. The fourth-order valence-corrected chi connectivity index (χ4v) is 3.40. The zero-order valence-electron chi connectivity index (χ0n) is 13.8. The number of hydrogen-bond acceptors (Lipinski definition) is 3. The normalized spacial score (nSPS) is 11.2. The molecule has 134 valence electrons. The molecule has 0 saturated heterocycles. The Morgan fingerprint density at radius 1 is 1.04 bits per heavy atom. The van der Waals surface area contributed by atoms with Crippen molar-refractivity contribution >= 4 is 21.6 Å². The van der Waals surface area contributed by atoms with Crippen LogP contribution in [0.25, 0.3) is 0 Å². The number of nitrogens with zero attached hydrogens (tertiary/aromatic N) is 1. The van der Waals surface area contributed by atoms with Crippen molar-refractivity contribution in [2.45, 2.75) is 18.7 Å². The molecular formula is C17H18F2N2O3S. The molecule has 0 aromatic heterocycles. The minimum atomic E-state index is -4.25. The molecule has 1 amide bonds. The Hall–Kier alpha value is -2.48. The Bertz CT molecular complexity index is 861. The number of rotatable bonds is 6. The number of carbonyl (C=O) groups is 1. The van der Waals surface area contributed by atoms with E-state index in [-0.39, 0.29) is 16.4 Å². The molecule has 2 rings (SSSR count). The lowest BCUT2D eigenvalue weighted by atomic mass is 10.2. The van der Waals surface area contributed by atoms with Gasteiger partial charge in [0, 0.05) is 18.7 Å². The van der Waals surface area contributed by atoms with Gasteiger partial charge in [-0.1, -0.05) is 12.1 Å². The van der Waals surface area contributed by atoms with E-state index >= 15 is 0 Å². The monoisotopic (exact) mass is 368 g/mol. The van der Waals surface area contributed by atoms with Gasteiger partial charge >= 0.3 is 0 Å². The van der Waals surface area contributed by atoms with Crippen LogP contribution in [-0.2, 0) is 10.0 Å². The molecule has 0 heterocycles. The standard InChI is InChI=1S/C17H18F2N2O3S/c1-3-21(4-2)17(22)12-7-5-8-13(11-12)25(23,24)20-16-14(18)9-6-10-15(16)19/h5-11,20H,3-4H2,1-2H3. The average Bonchev–Trinajstić information content (AvgIpc) is 2.59. The zero-order chi connectivity index (χ0) is 18.6. The van der Waals surface area contributed by atoms with Crippen LogP contribution in [0, 0.1) is 11.6 Å². The van der Waals surface area contributed by atoms with E-state index in [0.29, 0.717) is 13.1 Å². The summed E-state index contributed by atoms with van der Waals surface area (Å²) in [5.41, 5.74) is -0.580. The fourth-order valence-electron chi connectivity index (χ4n) is 2.28. The molecule has 0 bridgehead atoms. The van der Waals surface area contributed by atoms with Crippen LogP contribution in [0.2, 0.25) is 0 Å². The van der Waals surface area contributed by atoms with Crippen molar-refractivity contribution in [3.05, 3.63) is 59.7 Å². The van der Waals surface area contributed by atoms with Crippen LogP contribution in [0.4, 0.5) is 14.5 Å². The third kappa shape index (κ3) is 4.14. The molecule has 8 heteroatoms. The van der Waals surface area contributed by atoms with E-state index in [1.807, 2.05) is 18.6 Å². The van der Waals surface area contributed by atoms with Gasteiger partial charge in [-0.3, -0.25) is 9.52 Å². The van der Waals surface area contributed by atoms with Crippen LogP contribution in [-0.4, -0.2) is 32.3 Å². The first kappa shape index (κ1) is 18.9. The number of para-hydroxylation sites is 1. The quantitative estimate of drug-likeness (QED) is 0.851. The second-order valence-electron chi connectivity index (χ2n) is 5.21. The summed E-state index contributed by atoms with van der Waals surface area (Å²) in [6.07, 6.45) is 0. The lowest BCUT2D eigenvalue weighted by Gasteiger charge is -2.19. The Labute approximate surface area is 145 Å². The molecule has 0 radical (unpaired) electrons. The van der Waals surface area contributed by atoms with Crippen LogP contribution in [0.1, 0.15) is 24.2 Å². The summed E-state index contributed by atoms with van der Waals surface area (Å²) in [5, 5.41) is 0. The van der Waals surface area contributed by atoms with Gasteiger partial charge in [0.25, 0.3) is 15.9 Å². The van der Waals surface area contributed by atoms with E-state index in [0.717, 1.165) is 18.2 Å². The van der Waals surface area contributed by atoms with Crippen LogP contribution in [0.3, 0.4) is 0 Å². The molecule has 0 aliphatic heterocycles. The van der Waals surface area contributed by atoms with Crippen molar-refractivity contribution < 1.29 is 22.0 Å². The van der Waals surface area contributed by atoms with E-state index in [1.165, 1.54) is 29.2 Å². The second kappa shape index (κ2) is 7.60. The molecular weight excluding hydrogens is 350 g/mol. The SMILES string of the molecule is CCN(CC)C(=O)c1cccc(S(=O)(=O)Nc2c(F)cccc2F)c1. The smallest absolute Gasteiger partial charge is 0.262 e. The summed E-state index contributed by atoms with van der Waals surface area (Å²) in [6.45, 7) is 4.57. The highest BCUT2D eigenvalue weighted by molar-refractivity contribution is 7.92. The number of carbonyl (C=O) groups excluding carboxylic acids is 1. The predicted molar refractivity (Wildman–Crippen MR) is 90.9 cm³/mol. The molecule has 0 spiro atoms. The number of nitrogens with one attached hydrogen (secondary N) is 1. The summed E-state index contributed by atoms with van der Waals surface area (Å²) >= 11 is 0. The fraction of sp³-hybridized carbons (Fsp3) is 0.235. The van der Waals surface area contributed by atoms with Crippen molar-refractivity contribution in [2.24, 2.45) is 0 Å². The van der Waals surface area contributed by atoms with E-state index in [9.17, 15) is 22.0 Å². The van der Waals surface area contributed by atoms with Crippen LogP contribution in [0.5, 0.6) is 0 Å². The van der Waals surface area contributed by atoms with E-state index < -0.39 is 27.3 Å². The zero-order valence-corrected chi connectivity index (χ0v) is 14.6. The van der Waals surface area contributed by atoms with Gasteiger partial charge in [-0.05, 0) is 44.2 Å². The lowest BCUT2D eigenvalue weighted by molar-refractivity contribution is 0.0772. The Balaban J connectivity index is 2.38. The molecule has 2 aromatic carbocycles. The number of amides is 1. The first-order valence-corrected chi connectivity index (χ1v) is 9.14. The summed E-state index contributed by atoms with van der Waals surface area (Å²) < 4.78 is 54.1. The van der Waals surface area contributed by atoms with Crippen molar-refractivity contribution in [1.29, 1.82) is 0 Å². The van der Waals surface area contributed by atoms with Gasteiger partial charge in [0.2, 0.25) is 0 Å². The molecule has 1 N–H and O–H groups in total.